The van der Waals surface area contributed by atoms with Crippen LogP contribution in [0.1, 0.15) is 0 Å². The van der Waals surface area contributed by atoms with Gasteiger partial charge in [-0.15, -0.1) is 0 Å². The average molecular weight is 412 g/mol. The van der Waals surface area contributed by atoms with Crippen LogP contribution in [0.3, 0.4) is 0 Å². The third-order valence-corrected chi connectivity index (χ3v) is 3.69. The molecule has 0 aliphatic heterocycles. The van der Waals surface area contributed by atoms with Crippen molar-refractivity contribution in [1.29, 1.82) is 0 Å². The highest BCUT2D eigenvalue weighted by Gasteiger charge is 2.28. The Morgan fingerprint density at radius 1 is 1.14 bits per heavy atom. The number of ether oxygens (including phenoxy) is 2. The van der Waals surface area contributed by atoms with Crippen molar-refractivity contribution in [1.82, 2.24) is 19.3 Å². The van der Waals surface area contributed by atoms with E-state index >= 15 is 0 Å². The third kappa shape index (κ3) is 5.12. The molecule has 0 saturated heterocycles. The molecule has 29 heavy (non-hydrogen) atoms. The minimum atomic E-state index is -4.46. The van der Waals surface area contributed by atoms with Gasteiger partial charge >= 0.3 is 12.2 Å². The van der Waals surface area contributed by atoms with E-state index < -0.39 is 25.0 Å². The molecule has 0 radical (unpaired) electrons. The molecule has 0 saturated carbocycles. The van der Waals surface area contributed by atoms with Crippen molar-refractivity contribution in [2.75, 3.05) is 19.9 Å². The lowest BCUT2D eigenvalue weighted by molar-refractivity contribution is -0.153. The fourth-order valence-electron chi connectivity index (χ4n) is 2.48. The monoisotopic (exact) mass is 412 g/mol. The number of alkyl halides is 4. The average Bonchev–Trinajstić information content (AvgIpc) is 3.11. The van der Waals surface area contributed by atoms with Crippen molar-refractivity contribution < 1.29 is 27.0 Å². The molecule has 0 aliphatic carbocycles. The van der Waals surface area contributed by atoms with Crippen LogP contribution in [0.5, 0.6) is 11.8 Å². The van der Waals surface area contributed by atoms with Crippen LogP contribution in [-0.4, -0.2) is 45.4 Å². The molecular formula is C18H16F4N4O3. The van der Waals surface area contributed by atoms with Gasteiger partial charge in [-0.3, -0.25) is 9.48 Å². The maximum absolute atomic E-state index is 12.7. The lowest BCUT2D eigenvalue weighted by atomic mass is 10.2. The number of aryl methyl sites for hydroxylation is 1. The van der Waals surface area contributed by atoms with Gasteiger partial charge in [0.25, 0.3) is 5.56 Å². The summed E-state index contributed by atoms with van der Waals surface area (Å²) in [6, 6.07) is 6.41. The zero-order chi connectivity index (χ0) is 21.0. The summed E-state index contributed by atoms with van der Waals surface area (Å²) in [5, 5.41) is 4.01. The van der Waals surface area contributed by atoms with Crippen molar-refractivity contribution in [3.63, 3.8) is 0 Å². The Morgan fingerprint density at radius 3 is 2.45 bits per heavy atom. The molecule has 0 unspecified atom stereocenters. The fraction of sp³-hybridized carbons (Fsp3) is 0.278. The van der Waals surface area contributed by atoms with Gasteiger partial charge in [0.05, 0.1) is 17.6 Å². The molecule has 0 fully saturated rings. The summed E-state index contributed by atoms with van der Waals surface area (Å²) in [6.07, 6.45) is -1.30. The summed E-state index contributed by atoms with van der Waals surface area (Å²) in [5.74, 6) is -0.0229. The molecule has 0 N–H and O–H groups in total. The van der Waals surface area contributed by atoms with E-state index in [-0.39, 0.29) is 24.1 Å². The molecule has 0 amide bonds. The van der Waals surface area contributed by atoms with Gasteiger partial charge in [-0.25, -0.2) is 8.96 Å². The Bertz CT molecular complexity index is 1030. The minimum Gasteiger partial charge on any atom is -0.484 e. The highest BCUT2D eigenvalue weighted by Crippen LogP contribution is 2.23. The first-order chi connectivity index (χ1) is 13.8. The van der Waals surface area contributed by atoms with Crippen LogP contribution in [0.2, 0.25) is 0 Å². The zero-order valence-electron chi connectivity index (χ0n) is 15.2. The fourth-order valence-corrected chi connectivity index (χ4v) is 2.48. The van der Waals surface area contributed by atoms with Crippen LogP contribution in [-0.2, 0) is 7.05 Å². The smallest absolute Gasteiger partial charge is 0.422 e. The molecule has 2 aromatic heterocycles. The molecule has 11 heteroatoms. The second-order valence-electron chi connectivity index (χ2n) is 5.94. The second kappa shape index (κ2) is 8.33. The van der Waals surface area contributed by atoms with Crippen molar-refractivity contribution in [2.45, 2.75) is 6.18 Å². The quantitative estimate of drug-likeness (QED) is 0.558. The molecule has 0 spiro atoms. The molecule has 3 rings (SSSR count). The SMILES string of the molecule is Cn1cc(-c2cc(=O)n(-c3ccc(OCC(F)(F)F)cc3)c(OCCF)n2)cn1. The number of rotatable bonds is 7. The first-order valence-electron chi connectivity index (χ1n) is 8.39. The van der Waals surface area contributed by atoms with Crippen LogP contribution in [0.15, 0.2) is 47.5 Å². The summed E-state index contributed by atoms with van der Waals surface area (Å²) in [5.41, 5.74) is 0.612. The molecule has 0 atom stereocenters. The van der Waals surface area contributed by atoms with Gasteiger partial charge in [-0.2, -0.15) is 23.3 Å². The van der Waals surface area contributed by atoms with E-state index in [0.717, 1.165) is 4.57 Å². The van der Waals surface area contributed by atoms with Crippen LogP contribution in [0, 0.1) is 0 Å². The maximum atomic E-state index is 12.7. The summed E-state index contributed by atoms with van der Waals surface area (Å²) >= 11 is 0. The Morgan fingerprint density at radius 2 is 1.86 bits per heavy atom. The number of halogens is 4. The molecule has 154 valence electrons. The maximum Gasteiger partial charge on any atom is 0.422 e. The highest BCUT2D eigenvalue weighted by molar-refractivity contribution is 5.57. The summed E-state index contributed by atoms with van der Waals surface area (Å²) in [4.78, 5) is 17.0. The predicted octanol–water partition coefficient (Wildman–Crippen LogP) is 2.92. The number of hydrogen-bond acceptors (Lipinski definition) is 5. The van der Waals surface area contributed by atoms with Crippen molar-refractivity contribution in [3.05, 3.63) is 53.1 Å². The van der Waals surface area contributed by atoms with Gasteiger partial charge < -0.3 is 9.47 Å². The summed E-state index contributed by atoms with van der Waals surface area (Å²) in [7, 11) is 1.70. The Kier molecular flexibility index (Phi) is 5.85. The van der Waals surface area contributed by atoms with Crippen LogP contribution in [0.25, 0.3) is 16.9 Å². The number of nitrogens with zero attached hydrogens (tertiary/aromatic N) is 4. The highest BCUT2D eigenvalue weighted by atomic mass is 19.4. The first kappa shape index (κ1) is 20.4. The van der Waals surface area contributed by atoms with E-state index in [2.05, 4.69) is 14.8 Å². The lowest BCUT2D eigenvalue weighted by Crippen LogP contribution is -2.22. The summed E-state index contributed by atoms with van der Waals surface area (Å²) < 4.78 is 61.9. The molecule has 7 nitrogen and oxygen atoms in total. The molecule has 0 bridgehead atoms. The summed E-state index contributed by atoms with van der Waals surface area (Å²) in [6.45, 7) is -2.55. The Balaban J connectivity index is 1.96. The van der Waals surface area contributed by atoms with Crippen LogP contribution >= 0.6 is 0 Å². The van der Waals surface area contributed by atoms with E-state index in [1.807, 2.05) is 0 Å². The number of benzene rings is 1. The number of aromatic nitrogens is 4. The minimum absolute atomic E-state index is 0.0229. The second-order valence-corrected chi connectivity index (χ2v) is 5.94. The van der Waals surface area contributed by atoms with Gasteiger partial charge in [-0.1, -0.05) is 0 Å². The number of hydrogen-bond donors (Lipinski definition) is 0. The van der Waals surface area contributed by atoms with Crippen LogP contribution < -0.4 is 15.0 Å². The third-order valence-electron chi connectivity index (χ3n) is 3.69. The van der Waals surface area contributed by atoms with Crippen molar-refractivity contribution in [3.8, 4) is 28.7 Å². The van der Waals surface area contributed by atoms with E-state index in [1.165, 1.54) is 41.2 Å². The Hall–Kier alpha value is -3.37. The molecular weight excluding hydrogens is 396 g/mol. The van der Waals surface area contributed by atoms with E-state index in [9.17, 15) is 22.4 Å². The molecule has 2 heterocycles. The molecule has 3 aromatic rings. The Labute approximate surface area is 162 Å². The van der Waals surface area contributed by atoms with Gasteiger partial charge in [-0.05, 0) is 24.3 Å². The predicted molar refractivity (Wildman–Crippen MR) is 95.1 cm³/mol. The van der Waals surface area contributed by atoms with Crippen LogP contribution in [0.4, 0.5) is 17.6 Å². The lowest BCUT2D eigenvalue weighted by Gasteiger charge is -2.14. The molecule has 1 aromatic carbocycles. The van der Waals surface area contributed by atoms with Gasteiger partial charge in [0, 0.05) is 24.9 Å². The molecule has 0 aliphatic rings. The van der Waals surface area contributed by atoms with E-state index in [0.29, 0.717) is 11.3 Å². The first-order valence-corrected chi connectivity index (χ1v) is 8.39. The van der Waals surface area contributed by atoms with Gasteiger partial charge in [0.15, 0.2) is 6.61 Å². The van der Waals surface area contributed by atoms with Crippen molar-refractivity contribution in [2.24, 2.45) is 7.05 Å². The van der Waals surface area contributed by atoms with Crippen molar-refractivity contribution >= 4 is 0 Å². The topological polar surface area (TPSA) is 71.2 Å². The standard InChI is InChI=1S/C18H16F4N4O3/c1-25-10-12(9-23-25)15-8-16(27)26(17(24-15)28-7-6-19)13-2-4-14(5-3-13)29-11-18(20,21)22/h2-5,8-10H,6-7,11H2,1H3. The van der Waals surface area contributed by atoms with E-state index in [1.54, 1.807) is 13.2 Å². The normalized spacial score (nSPS) is 11.5. The largest absolute Gasteiger partial charge is 0.484 e. The van der Waals surface area contributed by atoms with Gasteiger partial charge in [0.1, 0.15) is 19.0 Å². The van der Waals surface area contributed by atoms with E-state index in [4.69, 9.17) is 4.74 Å². The van der Waals surface area contributed by atoms with Gasteiger partial charge in [0.2, 0.25) is 0 Å². The zero-order valence-corrected chi connectivity index (χ0v) is 15.2.